The van der Waals surface area contributed by atoms with Crippen LogP contribution in [0.5, 0.6) is 11.5 Å². The summed E-state index contributed by atoms with van der Waals surface area (Å²) in [4.78, 5) is 25.2. The van der Waals surface area contributed by atoms with Crippen molar-refractivity contribution in [3.8, 4) is 11.5 Å². The summed E-state index contributed by atoms with van der Waals surface area (Å²) in [5.74, 6) is 0.533. The molecule has 0 atom stereocenters. The van der Waals surface area contributed by atoms with Gasteiger partial charge >= 0.3 is 5.97 Å². The highest BCUT2D eigenvalue weighted by atomic mass is 16.9. The summed E-state index contributed by atoms with van der Waals surface area (Å²) in [7, 11) is 2.79. The van der Waals surface area contributed by atoms with E-state index in [4.69, 9.17) is 9.47 Å². The molecule has 1 aromatic rings. The van der Waals surface area contributed by atoms with Gasteiger partial charge in [0, 0.05) is 12.5 Å². The number of esters is 1. The molecule has 0 saturated carbocycles. The molecule has 0 aliphatic rings. The Kier molecular flexibility index (Phi) is 7.24. The van der Waals surface area contributed by atoms with Crippen LogP contribution in [0.25, 0.3) is 6.08 Å². The molecular formula is C14H17NO7. The highest BCUT2D eigenvalue weighted by Gasteiger charge is 2.05. The molecule has 0 heterocycles. The fraction of sp³-hybridized carbons (Fsp3) is 0.357. The van der Waals surface area contributed by atoms with E-state index in [9.17, 15) is 14.9 Å². The van der Waals surface area contributed by atoms with Crippen LogP contribution < -0.4 is 9.47 Å². The van der Waals surface area contributed by atoms with Crippen molar-refractivity contribution in [3.05, 3.63) is 40.0 Å². The predicted octanol–water partition coefficient (Wildman–Crippen LogP) is 1.86. The highest BCUT2D eigenvalue weighted by molar-refractivity contribution is 5.87. The van der Waals surface area contributed by atoms with Crippen LogP contribution in [-0.4, -0.2) is 38.5 Å². The maximum absolute atomic E-state index is 11.0. The van der Waals surface area contributed by atoms with Crippen LogP contribution in [0.3, 0.4) is 0 Å². The number of carbonyl (C=O) groups is 1. The molecule has 0 aliphatic carbocycles. The fourth-order valence-electron chi connectivity index (χ4n) is 1.52. The Morgan fingerprint density at radius 3 is 2.68 bits per heavy atom. The third-order valence-corrected chi connectivity index (χ3v) is 2.54. The third kappa shape index (κ3) is 6.12. The maximum atomic E-state index is 11.0. The Bertz CT molecular complexity index is 542. The molecule has 8 nitrogen and oxygen atoms in total. The van der Waals surface area contributed by atoms with Crippen molar-refractivity contribution in [2.24, 2.45) is 0 Å². The third-order valence-electron chi connectivity index (χ3n) is 2.54. The lowest BCUT2D eigenvalue weighted by Crippen LogP contribution is -2.07. The first-order valence-corrected chi connectivity index (χ1v) is 6.41. The quantitative estimate of drug-likeness (QED) is 0.226. The molecule has 0 bridgehead atoms. The van der Waals surface area contributed by atoms with Gasteiger partial charge < -0.3 is 19.0 Å². The Labute approximate surface area is 127 Å². The molecule has 1 aromatic carbocycles. The molecule has 120 valence electrons. The number of hydrogen-bond acceptors (Lipinski definition) is 7. The van der Waals surface area contributed by atoms with Gasteiger partial charge in [-0.3, -0.25) is 0 Å². The molecule has 0 N–H and O–H groups in total. The molecule has 0 unspecified atom stereocenters. The standard InChI is InChI=1S/C14H17NO7/c1-19-13-10-11(5-7-14(16)20-2)4-6-12(13)21-8-3-9-22-15(17)18/h4-7,10H,3,8-9H2,1-2H3. The molecule has 0 amide bonds. The number of methoxy groups -OCH3 is 2. The van der Waals surface area contributed by atoms with E-state index in [-0.39, 0.29) is 13.2 Å². The number of hydrogen-bond donors (Lipinski definition) is 0. The van der Waals surface area contributed by atoms with E-state index < -0.39 is 11.1 Å². The van der Waals surface area contributed by atoms with E-state index in [1.54, 1.807) is 24.3 Å². The van der Waals surface area contributed by atoms with Gasteiger partial charge in [-0.2, -0.15) is 0 Å². The minimum atomic E-state index is -0.844. The lowest BCUT2D eigenvalue weighted by Gasteiger charge is -2.11. The summed E-state index contributed by atoms with van der Waals surface area (Å²) in [5, 5.41) is 9.14. The van der Waals surface area contributed by atoms with Crippen LogP contribution in [0.4, 0.5) is 0 Å². The van der Waals surface area contributed by atoms with Crippen molar-refractivity contribution in [1.29, 1.82) is 0 Å². The van der Waals surface area contributed by atoms with Crippen molar-refractivity contribution >= 4 is 12.0 Å². The normalized spacial score (nSPS) is 10.3. The Morgan fingerprint density at radius 1 is 1.27 bits per heavy atom. The maximum Gasteiger partial charge on any atom is 0.330 e. The van der Waals surface area contributed by atoms with Crippen molar-refractivity contribution < 1.29 is 28.9 Å². The van der Waals surface area contributed by atoms with Crippen LogP contribution in [0.2, 0.25) is 0 Å². The molecule has 0 radical (unpaired) electrons. The van der Waals surface area contributed by atoms with E-state index in [1.807, 2.05) is 0 Å². The van der Waals surface area contributed by atoms with E-state index in [0.717, 1.165) is 5.56 Å². The van der Waals surface area contributed by atoms with Crippen molar-refractivity contribution in [2.45, 2.75) is 6.42 Å². The molecule has 0 fully saturated rings. The first-order chi connectivity index (χ1) is 10.6. The Morgan fingerprint density at radius 2 is 2.05 bits per heavy atom. The summed E-state index contributed by atoms with van der Waals surface area (Å²) >= 11 is 0. The van der Waals surface area contributed by atoms with Crippen LogP contribution in [0.15, 0.2) is 24.3 Å². The Hall–Kier alpha value is -2.77. The first-order valence-electron chi connectivity index (χ1n) is 6.41. The van der Waals surface area contributed by atoms with Gasteiger partial charge in [0.25, 0.3) is 5.09 Å². The second-order valence-electron chi connectivity index (χ2n) is 4.03. The van der Waals surface area contributed by atoms with Gasteiger partial charge in [-0.15, -0.1) is 10.1 Å². The van der Waals surface area contributed by atoms with Crippen LogP contribution in [0.1, 0.15) is 12.0 Å². The van der Waals surface area contributed by atoms with E-state index in [0.29, 0.717) is 17.9 Å². The molecule has 0 aromatic heterocycles. The zero-order valence-corrected chi connectivity index (χ0v) is 12.3. The van der Waals surface area contributed by atoms with Crippen molar-refractivity contribution in [1.82, 2.24) is 0 Å². The average Bonchev–Trinajstić information content (AvgIpc) is 2.52. The summed E-state index contributed by atoms with van der Waals surface area (Å²) in [6.45, 7) is 0.219. The van der Waals surface area contributed by atoms with Crippen LogP contribution in [-0.2, 0) is 14.4 Å². The van der Waals surface area contributed by atoms with Gasteiger partial charge in [0.1, 0.15) is 0 Å². The van der Waals surface area contributed by atoms with Crippen LogP contribution in [0, 0.1) is 10.1 Å². The molecule has 0 aliphatic heterocycles. The second kappa shape index (κ2) is 9.22. The molecule has 22 heavy (non-hydrogen) atoms. The zero-order valence-electron chi connectivity index (χ0n) is 12.3. The van der Waals surface area contributed by atoms with E-state index in [1.165, 1.54) is 20.3 Å². The summed E-state index contributed by atoms with van der Waals surface area (Å²) in [6.07, 6.45) is 3.25. The fourth-order valence-corrected chi connectivity index (χ4v) is 1.52. The number of nitrogens with zero attached hydrogens (tertiary/aromatic N) is 1. The monoisotopic (exact) mass is 311 g/mol. The van der Waals surface area contributed by atoms with Gasteiger partial charge in [-0.05, 0) is 23.8 Å². The van der Waals surface area contributed by atoms with Crippen molar-refractivity contribution in [2.75, 3.05) is 27.4 Å². The van der Waals surface area contributed by atoms with Gasteiger partial charge in [-0.1, -0.05) is 6.07 Å². The lowest BCUT2D eigenvalue weighted by molar-refractivity contribution is -0.757. The smallest absolute Gasteiger partial charge is 0.330 e. The molecule has 8 heteroatoms. The number of carbonyl (C=O) groups excluding carboxylic acids is 1. The number of benzene rings is 1. The van der Waals surface area contributed by atoms with E-state index >= 15 is 0 Å². The van der Waals surface area contributed by atoms with Gasteiger partial charge in [0.05, 0.1) is 27.4 Å². The van der Waals surface area contributed by atoms with Gasteiger partial charge in [0.15, 0.2) is 11.5 Å². The first kappa shape index (κ1) is 17.3. The second-order valence-corrected chi connectivity index (χ2v) is 4.03. The molecule has 0 saturated heterocycles. The number of ether oxygens (including phenoxy) is 3. The topological polar surface area (TPSA) is 97.1 Å². The zero-order chi connectivity index (χ0) is 16.4. The summed E-state index contributed by atoms with van der Waals surface area (Å²) in [5.41, 5.74) is 0.742. The lowest BCUT2D eigenvalue weighted by atomic mass is 10.2. The highest BCUT2D eigenvalue weighted by Crippen LogP contribution is 2.28. The minimum absolute atomic E-state index is 0.0325. The van der Waals surface area contributed by atoms with Gasteiger partial charge in [-0.25, -0.2) is 4.79 Å². The summed E-state index contributed by atoms with van der Waals surface area (Å²) in [6, 6.07) is 5.12. The summed E-state index contributed by atoms with van der Waals surface area (Å²) < 4.78 is 15.2. The van der Waals surface area contributed by atoms with Crippen molar-refractivity contribution in [3.63, 3.8) is 0 Å². The average molecular weight is 311 g/mol. The molecular weight excluding hydrogens is 294 g/mol. The SMILES string of the molecule is COC(=O)C=Cc1ccc(OCCCO[N+](=O)[O-])c(OC)c1. The molecule has 1 rings (SSSR count). The largest absolute Gasteiger partial charge is 0.493 e. The molecule has 0 spiro atoms. The van der Waals surface area contributed by atoms with Gasteiger partial charge in [0.2, 0.25) is 0 Å². The Balaban J connectivity index is 2.59. The predicted molar refractivity (Wildman–Crippen MR) is 77.1 cm³/mol. The van der Waals surface area contributed by atoms with E-state index in [2.05, 4.69) is 9.57 Å². The minimum Gasteiger partial charge on any atom is -0.493 e. The number of rotatable bonds is 9. The van der Waals surface area contributed by atoms with Crippen LogP contribution >= 0.6 is 0 Å².